The van der Waals surface area contributed by atoms with Crippen molar-refractivity contribution < 1.29 is 9.21 Å². The second-order valence-electron chi connectivity index (χ2n) is 4.29. The first-order valence-electron chi connectivity index (χ1n) is 6.15. The van der Waals surface area contributed by atoms with Crippen molar-refractivity contribution in [3.8, 4) is 0 Å². The number of alkyl halides is 1. The van der Waals surface area contributed by atoms with Crippen LogP contribution in [0.4, 0.5) is 0 Å². The third-order valence-corrected chi connectivity index (χ3v) is 3.30. The Balaban J connectivity index is 2.16. The SMILES string of the molecule is Cc1occc1C(=O)N(CCBr)Cc1ccccc1. The third-order valence-electron chi connectivity index (χ3n) is 2.95. The van der Waals surface area contributed by atoms with Crippen molar-refractivity contribution in [1.29, 1.82) is 0 Å². The molecule has 0 aliphatic carbocycles. The highest BCUT2D eigenvalue weighted by Gasteiger charge is 2.18. The van der Waals surface area contributed by atoms with Gasteiger partial charge in [0.15, 0.2) is 0 Å². The first-order valence-corrected chi connectivity index (χ1v) is 7.27. The number of halogens is 1. The number of furan rings is 1. The van der Waals surface area contributed by atoms with Crippen molar-refractivity contribution in [2.45, 2.75) is 13.5 Å². The van der Waals surface area contributed by atoms with E-state index in [9.17, 15) is 4.79 Å². The first-order chi connectivity index (χ1) is 9.22. The van der Waals surface area contributed by atoms with Gasteiger partial charge in [-0.05, 0) is 18.6 Å². The van der Waals surface area contributed by atoms with Gasteiger partial charge >= 0.3 is 0 Å². The number of carbonyl (C=O) groups is 1. The predicted molar refractivity (Wildman–Crippen MR) is 78.4 cm³/mol. The van der Waals surface area contributed by atoms with Crippen molar-refractivity contribution in [3.05, 3.63) is 59.5 Å². The molecule has 0 unspecified atom stereocenters. The van der Waals surface area contributed by atoms with E-state index in [-0.39, 0.29) is 5.91 Å². The Morgan fingerprint density at radius 2 is 2.00 bits per heavy atom. The van der Waals surface area contributed by atoms with Crippen molar-refractivity contribution >= 4 is 21.8 Å². The zero-order valence-electron chi connectivity index (χ0n) is 10.8. The van der Waals surface area contributed by atoms with Crippen LogP contribution in [0.3, 0.4) is 0 Å². The molecule has 0 aliphatic heterocycles. The van der Waals surface area contributed by atoms with Crippen molar-refractivity contribution in [1.82, 2.24) is 4.90 Å². The van der Waals surface area contributed by atoms with Gasteiger partial charge in [0.05, 0.1) is 11.8 Å². The topological polar surface area (TPSA) is 33.5 Å². The van der Waals surface area contributed by atoms with E-state index in [1.807, 2.05) is 42.2 Å². The van der Waals surface area contributed by atoms with E-state index in [0.717, 1.165) is 10.9 Å². The summed E-state index contributed by atoms with van der Waals surface area (Å²) < 4.78 is 5.20. The lowest BCUT2D eigenvalue weighted by atomic mass is 10.2. The van der Waals surface area contributed by atoms with Gasteiger partial charge in [-0.25, -0.2) is 0 Å². The molecule has 19 heavy (non-hydrogen) atoms. The second kappa shape index (κ2) is 6.57. The number of nitrogens with zero attached hydrogens (tertiary/aromatic N) is 1. The Labute approximate surface area is 121 Å². The highest BCUT2D eigenvalue weighted by molar-refractivity contribution is 9.09. The molecular weight excluding hydrogens is 306 g/mol. The van der Waals surface area contributed by atoms with Crippen LogP contribution in [-0.4, -0.2) is 22.7 Å². The van der Waals surface area contributed by atoms with Crippen molar-refractivity contribution in [2.75, 3.05) is 11.9 Å². The summed E-state index contributed by atoms with van der Waals surface area (Å²) in [6, 6.07) is 11.7. The fraction of sp³-hybridized carbons (Fsp3) is 0.267. The van der Waals surface area contributed by atoms with E-state index < -0.39 is 0 Å². The molecule has 0 N–H and O–H groups in total. The smallest absolute Gasteiger partial charge is 0.257 e. The maximum Gasteiger partial charge on any atom is 0.257 e. The van der Waals surface area contributed by atoms with Crippen LogP contribution >= 0.6 is 15.9 Å². The molecule has 1 aromatic carbocycles. The van der Waals surface area contributed by atoms with E-state index in [1.165, 1.54) is 0 Å². The Bertz CT molecular complexity index is 536. The molecule has 3 nitrogen and oxygen atoms in total. The van der Waals surface area contributed by atoms with Crippen molar-refractivity contribution in [3.63, 3.8) is 0 Å². The quantitative estimate of drug-likeness (QED) is 0.788. The molecule has 2 aromatic rings. The molecule has 100 valence electrons. The number of amides is 1. The van der Waals surface area contributed by atoms with Crippen LogP contribution in [0.5, 0.6) is 0 Å². The van der Waals surface area contributed by atoms with E-state index in [2.05, 4.69) is 15.9 Å². The van der Waals surface area contributed by atoms with E-state index in [4.69, 9.17) is 4.42 Å². The summed E-state index contributed by atoms with van der Waals surface area (Å²) in [6.07, 6.45) is 1.55. The largest absolute Gasteiger partial charge is 0.469 e. The third kappa shape index (κ3) is 3.47. The molecule has 4 heteroatoms. The zero-order chi connectivity index (χ0) is 13.7. The van der Waals surface area contributed by atoms with Gasteiger partial charge in [0, 0.05) is 18.4 Å². The summed E-state index contributed by atoms with van der Waals surface area (Å²) in [7, 11) is 0. The van der Waals surface area contributed by atoms with Crippen LogP contribution in [0.1, 0.15) is 21.7 Å². The van der Waals surface area contributed by atoms with Crippen molar-refractivity contribution in [2.24, 2.45) is 0 Å². The van der Waals surface area contributed by atoms with Crippen LogP contribution < -0.4 is 0 Å². The fourth-order valence-corrected chi connectivity index (χ4v) is 2.36. The molecule has 1 heterocycles. The molecule has 2 rings (SSSR count). The number of carbonyl (C=O) groups excluding carboxylic acids is 1. The lowest BCUT2D eigenvalue weighted by Crippen LogP contribution is -2.32. The average Bonchev–Trinajstić information content (AvgIpc) is 2.85. The Kier molecular flexibility index (Phi) is 4.80. The summed E-state index contributed by atoms with van der Waals surface area (Å²) in [6.45, 7) is 3.08. The maximum absolute atomic E-state index is 12.5. The van der Waals surface area contributed by atoms with Gasteiger partial charge in [-0.2, -0.15) is 0 Å². The van der Waals surface area contributed by atoms with Crippen LogP contribution in [0.2, 0.25) is 0 Å². The van der Waals surface area contributed by atoms with E-state index in [0.29, 0.717) is 24.4 Å². The van der Waals surface area contributed by atoms with E-state index in [1.54, 1.807) is 12.3 Å². The number of rotatable bonds is 5. The van der Waals surface area contributed by atoms with Crippen LogP contribution in [0, 0.1) is 6.92 Å². The van der Waals surface area contributed by atoms with Crippen LogP contribution in [-0.2, 0) is 6.54 Å². The van der Waals surface area contributed by atoms with Crippen LogP contribution in [0.25, 0.3) is 0 Å². The highest BCUT2D eigenvalue weighted by atomic mass is 79.9. The fourth-order valence-electron chi connectivity index (χ4n) is 1.94. The summed E-state index contributed by atoms with van der Waals surface area (Å²) in [5.41, 5.74) is 1.76. The molecule has 0 radical (unpaired) electrons. The minimum Gasteiger partial charge on any atom is -0.469 e. The number of hydrogen-bond acceptors (Lipinski definition) is 2. The summed E-state index contributed by atoms with van der Waals surface area (Å²) in [5.74, 6) is 0.673. The van der Waals surface area contributed by atoms with Gasteiger partial charge in [0.1, 0.15) is 5.76 Å². The molecule has 0 saturated heterocycles. The normalized spacial score (nSPS) is 10.4. The maximum atomic E-state index is 12.5. The van der Waals surface area contributed by atoms with Gasteiger partial charge in [0.25, 0.3) is 5.91 Å². The molecule has 0 bridgehead atoms. The second-order valence-corrected chi connectivity index (χ2v) is 5.08. The molecule has 0 atom stereocenters. The molecule has 1 aromatic heterocycles. The van der Waals surface area contributed by atoms with E-state index >= 15 is 0 Å². The number of hydrogen-bond donors (Lipinski definition) is 0. The lowest BCUT2D eigenvalue weighted by molar-refractivity contribution is 0.0753. The first kappa shape index (κ1) is 13.9. The Hall–Kier alpha value is -1.55. The molecule has 0 fully saturated rings. The molecule has 0 aliphatic rings. The molecule has 0 saturated carbocycles. The van der Waals surface area contributed by atoms with Gasteiger partial charge in [-0.3, -0.25) is 4.79 Å². The van der Waals surface area contributed by atoms with Gasteiger partial charge < -0.3 is 9.32 Å². The molecular formula is C15H16BrNO2. The highest BCUT2D eigenvalue weighted by Crippen LogP contribution is 2.14. The standard InChI is InChI=1S/C15H16BrNO2/c1-12-14(7-10-19-12)15(18)17(9-8-16)11-13-5-3-2-4-6-13/h2-7,10H,8-9,11H2,1H3. The van der Waals surface area contributed by atoms with Gasteiger partial charge in [-0.15, -0.1) is 0 Å². The minimum atomic E-state index is 0.00885. The Morgan fingerprint density at radius 1 is 1.26 bits per heavy atom. The summed E-state index contributed by atoms with van der Waals surface area (Å²) >= 11 is 3.40. The van der Waals surface area contributed by atoms with Gasteiger partial charge in [0.2, 0.25) is 0 Å². The minimum absolute atomic E-state index is 0.00885. The number of aryl methyl sites for hydroxylation is 1. The van der Waals surface area contributed by atoms with Gasteiger partial charge in [-0.1, -0.05) is 46.3 Å². The number of benzene rings is 1. The predicted octanol–water partition coefficient (Wildman–Crippen LogP) is 3.63. The summed E-state index contributed by atoms with van der Waals surface area (Å²) in [5, 5.41) is 0.752. The van der Waals surface area contributed by atoms with Crippen LogP contribution in [0.15, 0.2) is 47.1 Å². The molecule has 0 spiro atoms. The lowest BCUT2D eigenvalue weighted by Gasteiger charge is -2.21. The average molecular weight is 322 g/mol. The summed E-state index contributed by atoms with van der Waals surface area (Å²) in [4.78, 5) is 14.3. The monoisotopic (exact) mass is 321 g/mol. The Morgan fingerprint density at radius 3 is 2.58 bits per heavy atom. The molecule has 1 amide bonds. The zero-order valence-corrected chi connectivity index (χ0v) is 12.4.